The number of aromatic nitrogens is 1. The Morgan fingerprint density at radius 2 is 1.90 bits per heavy atom. The number of allylic oxidation sites excluding steroid dienone is 2. The number of amides is 3. The molecule has 0 radical (unpaired) electrons. The van der Waals surface area contributed by atoms with Crippen molar-refractivity contribution in [3.8, 4) is 5.88 Å². The molecule has 41 heavy (non-hydrogen) atoms. The molecule has 2 aromatic rings. The van der Waals surface area contributed by atoms with Gasteiger partial charge < -0.3 is 14.4 Å². The number of hydrogen-bond donors (Lipinski definition) is 1. The van der Waals surface area contributed by atoms with Crippen molar-refractivity contribution in [1.82, 2.24) is 19.5 Å². The van der Waals surface area contributed by atoms with E-state index < -0.39 is 39.8 Å². The average Bonchev–Trinajstić information content (AvgIpc) is 3.81. The van der Waals surface area contributed by atoms with Crippen molar-refractivity contribution in [2.75, 3.05) is 13.1 Å². The lowest BCUT2D eigenvalue weighted by Gasteiger charge is -2.31. The molecule has 0 spiro atoms. The molecule has 3 aliphatic rings. The van der Waals surface area contributed by atoms with Crippen LogP contribution >= 0.6 is 11.6 Å². The number of rotatable bonds is 9. The number of nitrogens with zero attached hydrogens (tertiary/aromatic N) is 3. The van der Waals surface area contributed by atoms with E-state index in [4.69, 9.17) is 21.1 Å². The molecule has 1 N–H and O–H groups in total. The summed E-state index contributed by atoms with van der Waals surface area (Å²) in [4.78, 5) is 47.1. The number of carbonyl (C=O) groups is 3. The molecular formula is C28H33ClN4O7S. The zero-order valence-electron chi connectivity index (χ0n) is 23.1. The van der Waals surface area contributed by atoms with Gasteiger partial charge in [-0.25, -0.2) is 22.9 Å². The largest absolute Gasteiger partial charge is 0.472 e. The van der Waals surface area contributed by atoms with Crippen molar-refractivity contribution >= 4 is 50.3 Å². The monoisotopic (exact) mass is 604 g/mol. The third kappa shape index (κ3) is 6.92. The Hall–Kier alpha value is -3.38. The average molecular weight is 605 g/mol. The van der Waals surface area contributed by atoms with Crippen LogP contribution in [-0.4, -0.2) is 78.0 Å². The highest BCUT2D eigenvalue weighted by atomic mass is 35.5. The molecule has 2 atom stereocenters. The Kier molecular flexibility index (Phi) is 7.90. The smallest absolute Gasteiger partial charge is 0.411 e. The number of hydrogen-bond acceptors (Lipinski definition) is 8. The Morgan fingerprint density at radius 3 is 2.56 bits per heavy atom. The Labute approximate surface area is 243 Å². The van der Waals surface area contributed by atoms with Gasteiger partial charge in [0.15, 0.2) is 0 Å². The zero-order chi connectivity index (χ0) is 29.5. The molecule has 11 nitrogen and oxygen atoms in total. The molecule has 2 unspecified atom stereocenters. The summed E-state index contributed by atoms with van der Waals surface area (Å²) in [5, 5.41) is 2.03. The molecule has 5 rings (SSSR count). The van der Waals surface area contributed by atoms with Crippen molar-refractivity contribution in [3.63, 3.8) is 0 Å². The third-order valence-corrected chi connectivity index (χ3v) is 8.83. The van der Waals surface area contributed by atoms with Crippen LogP contribution in [0.4, 0.5) is 4.79 Å². The first kappa shape index (κ1) is 29.1. The Bertz CT molecular complexity index is 1520. The van der Waals surface area contributed by atoms with Gasteiger partial charge in [-0.05, 0) is 51.8 Å². The van der Waals surface area contributed by atoms with E-state index in [1.807, 2.05) is 6.07 Å². The number of sulfonamides is 1. The number of ether oxygens (including phenoxy) is 2. The Morgan fingerprint density at radius 1 is 1.17 bits per heavy atom. The van der Waals surface area contributed by atoms with Crippen molar-refractivity contribution in [3.05, 3.63) is 46.5 Å². The van der Waals surface area contributed by atoms with E-state index in [0.29, 0.717) is 22.7 Å². The van der Waals surface area contributed by atoms with Gasteiger partial charge in [-0.3, -0.25) is 14.5 Å². The molecule has 1 aromatic carbocycles. The van der Waals surface area contributed by atoms with Gasteiger partial charge in [0.1, 0.15) is 17.7 Å². The summed E-state index contributed by atoms with van der Waals surface area (Å²) in [5.74, 6) is -0.678. The predicted molar refractivity (Wildman–Crippen MR) is 152 cm³/mol. The summed E-state index contributed by atoms with van der Waals surface area (Å²) in [6.45, 7) is 5.36. The molecular weight excluding hydrogens is 572 g/mol. The number of pyridine rings is 1. The first-order chi connectivity index (χ1) is 19.3. The normalized spacial score (nSPS) is 20.4. The van der Waals surface area contributed by atoms with Gasteiger partial charge >= 0.3 is 6.09 Å². The summed E-state index contributed by atoms with van der Waals surface area (Å²) in [5.41, 5.74) is -0.783. The van der Waals surface area contributed by atoms with Gasteiger partial charge in [0.05, 0.1) is 11.4 Å². The molecule has 1 saturated heterocycles. The molecule has 2 heterocycles. The fourth-order valence-electron chi connectivity index (χ4n) is 4.83. The summed E-state index contributed by atoms with van der Waals surface area (Å²) < 4.78 is 38.1. The highest BCUT2D eigenvalue weighted by Gasteiger charge is 2.46. The zero-order valence-corrected chi connectivity index (χ0v) is 24.7. The second kappa shape index (κ2) is 11.1. The van der Waals surface area contributed by atoms with Crippen LogP contribution < -0.4 is 9.46 Å². The molecule has 2 aliphatic carbocycles. The lowest BCUT2D eigenvalue weighted by atomic mass is 10.1. The summed E-state index contributed by atoms with van der Waals surface area (Å²) >= 11 is 6.35. The third-order valence-electron chi connectivity index (χ3n) is 6.99. The maximum absolute atomic E-state index is 13.9. The molecule has 0 bridgehead atoms. The predicted octanol–water partition coefficient (Wildman–Crippen LogP) is 3.76. The van der Waals surface area contributed by atoms with Gasteiger partial charge in [-0.2, -0.15) is 0 Å². The molecule has 2 fully saturated rings. The highest BCUT2D eigenvalue weighted by molar-refractivity contribution is 7.94. The van der Waals surface area contributed by atoms with Crippen LogP contribution in [0.25, 0.3) is 10.8 Å². The van der Waals surface area contributed by atoms with E-state index in [2.05, 4.69) is 9.71 Å². The molecule has 13 heteroatoms. The first-order valence-corrected chi connectivity index (χ1v) is 15.4. The lowest BCUT2D eigenvalue weighted by molar-refractivity contribution is -0.137. The molecule has 1 aromatic heterocycles. The number of carbonyl (C=O) groups excluding carboxylic acids is 3. The van der Waals surface area contributed by atoms with Crippen LogP contribution in [0.15, 0.2) is 41.4 Å². The second-order valence-electron chi connectivity index (χ2n) is 11.5. The fourth-order valence-corrected chi connectivity index (χ4v) is 6.13. The van der Waals surface area contributed by atoms with Crippen molar-refractivity contribution < 1.29 is 32.3 Å². The first-order valence-electron chi connectivity index (χ1n) is 13.6. The van der Waals surface area contributed by atoms with Crippen LogP contribution in [-0.2, 0) is 24.3 Å². The standard InChI is InChI=1S/C28H33ClN4O7S/c1-28(2,3)40-27(36)33-16-18(39-25-21-5-4-6-22(29)20(21)11-13-30-25)15-23(33)26(35)32(17-7-8-17)14-12-24(34)31-41(37,38)19-9-10-19/h4-6,9,11,13,17-18,23H,7-8,10,12,14-16H2,1-3H3,(H,31,34). The van der Waals surface area contributed by atoms with Gasteiger partial charge in [0, 0.05) is 53.8 Å². The van der Waals surface area contributed by atoms with E-state index in [9.17, 15) is 22.8 Å². The van der Waals surface area contributed by atoms with Crippen molar-refractivity contribution in [2.45, 2.75) is 76.7 Å². The number of halogens is 1. The minimum atomic E-state index is -3.81. The van der Waals surface area contributed by atoms with E-state index in [1.54, 1.807) is 50.1 Å². The van der Waals surface area contributed by atoms with Crippen LogP contribution in [0.2, 0.25) is 5.02 Å². The summed E-state index contributed by atoms with van der Waals surface area (Å²) in [7, 11) is -3.81. The van der Waals surface area contributed by atoms with Crippen LogP contribution in [0, 0.1) is 0 Å². The maximum Gasteiger partial charge on any atom is 0.411 e. The van der Waals surface area contributed by atoms with Gasteiger partial charge in [-0.15, -0.1) is 0 Å². The minimum Gasteiger partial charge on any atom is -0.472 e. The quantitative estimate of drug-likeness (QED) is 0.457. The molecule has 1 aliphatic heterocycles. The minimum absolute atomic E-state index is 0.0253. The maximum atomic E-state index is 13.9. The van der Waals surface area contributed by atoms with E-state index in [-0.39, 0.29) is 42.8 Å². The SMILES string of the molecule is CC(C)(C)OC(=O)N1CC(Oc2nccc3c(Cl)cccc23)CC1C(=O)N(CCC(=O)NS(=O)(=O)C1=CC1)C1CC1. The Balaban J connectivity index is 1.33. The number of benzene rings is 1. The number of nitrogens with one attached hydrogen (secondary N) is 1. The number of likely N-dealkylation sites (tertiary alicyclic amines) is 1. The summed E-state index contributed by atoms with van der Waals surface area (Å²) in [6.07, 6.45) is 3.76. The van der Waals surface area contributed by atoms with Crippen LogP contribution in [0.1, 0.15) is 52.9 Å². The molecule has 3 amide bonds. The van der Waals surface area contributed by atoms with Crippen LogP contribution in [0.5, 0.6) is 5.88 Å². The van der Waals surface area contributed by atoms with Crippen molar-refractivity contribution in [2.24, 2.45) is 0 Å². The molecule has 1 saturated carbocycles. The van der Waals surface area contributed by atoms with E-state index in [0.717, 1.165) is 18.2 Å². The molecule has 220 valence electrons. The van der Waals surface area contributed by atoms with E-state index in [1.165, 1.54) is 11.0 Å². The van der Waals surface area contributed by atoms with Gasteiger partial charge in [0.25, 0.3) is 10.0 Å². The van der Waals surface area contributed by atoms with Gasteiger partial charge in [0.2, 0.25) is 17.7 Å². The van der Waals surface area contributed by atoms with Crippen LogP contribution in [0.3, 0.4) is 0 Å². The van der Waals surface area contributed by atoms with E-state index >= 15 is 0 Å². The topological polar surface area (TPSA) is 135 Å². The lowest BCUT2D eigenvalue weighted by Crippen LogP contribution is -2.50. The highest BCUT2D eigenvalue weighted by Crippen LogP contribution is 2.34. The van der Waals surface area contributed by atoms with Gasteiger partial charge in [-0.1, -0.05) is 23.7 Å². The summed E-state index contributed by atoms with van der Waals surface area (Å²) in [6, 6.07) is 6.22. The fraction of sp³-hybridized carbons (Fsp3) is 0.500. The van der Waals surface area contributed by atoms with Crippen molar-refractivity contribution in [1.29, 1.82) is 0 Å². The second-order valence-corrected chi connectivity index (χ2v) is 13.6. The number of fused-ring (bicyclic) bond motifs is 1.